The number of rotatable bonds is 6. The van der Waals surface area contributed by atoms with Crippen molar-refractivity contribution in [2.45, 2.75) is 52.6 Å². The Labute approximate surface area is 118 Å². The van der Waals surface area contributed by atoms with Crippen LogP contribution < -0.4 is 10.6 Å². The van der Waals surface area contributed by atoms with Crippen LogP contribution >= 0.6 is 0 Å². The maximum absolute atomic E-state index is 11.9. The predicted molar refractivity (Wildman–Crippen MR) is 80.1 cm³/mol. The summed E-state index contributed by atoms with van der Waals surface area (Å²) in [6.07, 6.45) is 2.53. The summed E-state index contributed by atoms with van der Waals surface area (Å²) in [4.78, 5) is 14.3. The average Bonchev–Trinajstić information content (AvgIpc) is 2.35. The molecule has 19 heavy (non-hydrogen) atoms. The van der Waals surface area contributed by atoms with Gasteiger partial charge in [0.2, 0.25) is 5.91 Å². The molecule has 0 aliphatic carbocycles. The Hall–Kier alpha value is -0.610. The zero-order chi connectivity index (χ0) is 14.4. The Kier molecular flexibility index (Phi) is 6.80. The Balaban J connectivity index is 2.33. The molecule has 0 aromatic heterocycles. The first-order valence-corrected chi connectivity index (χ1v) is 7.62. The summed E-state index contributed by atoms with van der Waals surface area (Å²) in [6.45, 7) is 11.5. The van der Waals surface area contributed by atoms with Crippen molar-refractivity contribution < 1.29 is 4.79 Å². The zero-order valence-electron chi connectivity index (χ0n) is 13.2. The molecule has 1 aliphatic heterocycles. The van der Waals surface area contributed by atoms with E-state index in [1.165, 1.54) is 19.4 Å². The van der Waals surface area contributed by atoms with E-state index in [9.17, 15) is 4.79 Å². The van der Waals surface area contributed by atoms with Gasteiger partial charge in [0, 0.05) is 19.1 Å². The van der Waals surface area contributed by atoms with Gasteiger partial charge in [-0.25, -0.2) is 0 Å². The third-order valence-electron chi connectivity index (χ3n) is 3.96. The van der Waals surface area contributed by atoms with Crippen molar-refractivity contribution in [1.82, 2.24) is 15.5 Å². The second-order valence-electron chi connectivity index (χ2n) is 6.48. The fraction of sp³-hybridized carbons (Fsp3) is 0.933. The number of likely N-dealkylation sites (tertiary alicyclic amines) is 1. The van der Waals surface area contributed by atoms with Gasteiger partial charge in [-0.15, -0.1) is 0 Å². The van der Waals surface area contributed by atoms with Gasteiger partial charge in [-0.3, -0.25) is 4.79 Å². The SMILES string of the molecule is CC(C)CNC(=O)C(C)NC(C)C1CCCN(C)C1. The summed E-state index contributed by atoms with van der Waals surface area (Å²) in [5.41, 5.74) is 0. The van der Waals surface area contributed by atoms with E-state index in [1.54, 1.807) is 0 Å². The molecule has 1 saturated heterocycles. The molecule has 1 heterocycles. The number of nitrogens with one attached hydrogen (secondary N) is 2. The molecule has 3 unspecified atom stereocenters. The Morgan fingerprint density at radius 1 is 1.32 bits per heavy atom. The maximum atomic E-state index is 11.9. The van der Waals surface area contributed by atoms with Gasteiger partial charge in [-0.1, -0.05) is 13.8 Å². The molecule has 0 aromatic rings. The molecular weight excluding hydrogens is 238 g/mol. The molecule has 4 heteroatoms. The second kappa shape index (κ2) is 7.85. The van der Waals surface area contributed by atoms with Crippen LogP contribution in [0.3, 0.4) is 0 Å². The molecule has 0 bridgehead atoms. The number of hydrogen-bond acceptors (Lipinski definition) is 3. The lowest BCUT2D eigenvalue weighted by molar-refractivity contribution is -0.123. The Bertz CT molecular complexity index is 281. The summed E-state index contributed by atoms with van der Waals surface area (Å²) >= 11 is 0. The van der Waals surface area contributed by atoms with Crippen molar-refractivity contribution in [1.29, 1.82) is 0 Å². The van der Waals surface area contributed by atoms with Crippen molar-refractivity contribution in [2.24, 2.45) is 11.8 Å². The molecule has 1 aliphatic rings. The lowest BCUT2D eigenvalue weighted by atomic mass is 9.91. The van der Waals surface area contributed by atoms with E-state index >= 15 is 0 Å². The normalized spacial score (nSPS) is 24.2. The van der Waals surface area contributed by atoms with Crippen molar-refractivity contribution in [3.8, 4) is 0 Å². The van der Waals surface area contributed by atoms with Crippen LogP contribution in [0.25, 0.3) is 0 Å². The molecule has 4 nitrogen and oxygen atoms in total. The summed E-state index contributed by atoms with van der Waals surface area (Å²) in [5, 5.41) is 6.44. The van der Waals surface area contributed by atoms with Gasteiger partial charge >= 0.3 is 0 Å². The van der Waals surface area contributed by atoms with E-state index in [4.69, 9.17) is 0 Å². The Morgan fingerprint density at radius 3 is 2.58 bits per heavy atom. The number of carbonyl (C=O) groups excluding carboxylic acids is 1. The molecular formula is C15H31N3O. The minimum absolute atomic E-state index is 0.110. The minimum Gasteiger partial charge on any atom is -0.354 e. The van der Waals surface area contributed by atoms with Crippen LogP contribution in [0.5, 0.6) is 0 Å². The van der Waals surface area contributed by atoms with Gasteiger partial charge in [-0.2, -0.15) is 0 Å². The molecule has 3 atom stereocenters. The molecule has 1 fully saturated rings. The monoisotopic (exact) mass is 269 g/mol. The number of piperidine rings is 1. The average molecular weight is 269 g/mol. The number of nitrogens with zero attached hydrogens (tertiary/aromatic N) is 1. The highest BCUT2D eigenvalue weighted by atomic mass is 16.2. The summed E-state index contributed by atoms with van der Waals surface area (Å²) in [5.74, 6) is 1.27. The molecule has 112 valence electrons. The Morgan fingerprint density at radius 2 is 2.00 bits per heavy atom. The van der Waals surface area contributed by atoms with Crippen LogP contribution in [-0.2, 0) is 4.79 Å². The molecule has 0 spiro atoms. The number of amides is 1. The van der Waals surface area contributed by atoms with E-state index in [1.807, 2.05) is 6.92 Å². The third kappa shape index (κ3) is 5.91. The highest BCUT2D eigenvalue weighted by Gasteiger charge is 2.25. The second-order valence-corrected chi connectivity index (χ2v) is 6.48. The van der Waals surface area contributed by atoms with Crippen LogP contribution in [0.1, 0.15) is 40.5 Å². The molecule has 1 amide bonds. The van der Waals surface area contributed by atoms with E-state index in [0.717, 1.165) is 13.1 Å². The van der Waals surface area contributed by atoms with Gasteiger partial charge < -0.3 is 15.5 Å². The van der Waals surface area contributed by atoms with Crippen LogP contribution in [-0.4, -0.2) is 49.6 Å². The van der Waals surface area contributed by atoms with Crippen molar-refractivity contribution >= 4 is 5.91 Å². The first-order valence-electron chi connectivity index (χ1n) is 7.62. The van der Waals surface area contributed by atoms with E-state index < -0.39 is 0 Å². The van der Waals surface area contributed by atoms with Crippen molar-refractivity contribution in [3.05, 3.63) is 0 Å². The topological polar surface area (TPSA) is 44.4 Å². The maximum Gasteiger partial charge on any atom is 0.236 e. The van der Waals surface area contributed by atoms with Gasteiger partial charge in [0.1, 0.15) is 0 Å². The summed E-state index contributed by atoms with van der Waals surface area (Å²) in [6, 6.07) is 0.281. The fourth-order valence-electron chi connectivity index (χ4n) is 2.68. The quantitative estimate of drug-likeness (QED) is 0.767. The van der Waals surface area contributed by atoms with Gasteiger partial charge in [0.25, 0.3) is 0 Å². The van der Waals surface area contributed by atoms with Crippen LogP contribution in [0.15, 0.2) is 0 Å². The number of carbonyl (C=O) groups is 1. The van der Waals surface area contributed by atoms with E-state index in [-0.39, 0.29) is 11.9 Å². The fourth-order valence-corrected chi connectivity index (χ4v) is 2.68. The lowest BCUT2D eigenvalue weighted by Crippen LogP contribution is -2.51. The molecule has 0 aromatic carbocycles. The van der Waals surface area contributed by atoms with Gasteiger partial charge in [-0.05, 0) is 52.1 Å². The van der Waals surface area contributed by atoms with Gasteiger partial charge in [0.15, 0.2) is 0 Å². The smallest absolute Gasteiger partial charge is 0.236 e. The van der Waals surface area contributed by atoms with Crippen LogP contribution in [0.4, 0.5) is 0 Å². The largest absolute Gasteiger partial charge is 0.354 e. The van der Waals surface area contributed by atoms with Crippen molar-refractivity contribution in [2.75, 3.05) is 26.7 Å². The highest BCUT2D eigenvalue weighted by Crippen LogP contribution is 2.18. The summed E-state index contributed by atoms with van der Waals surface area (Å²) < 4.78 is 0. The van der Waals surface area contributed by atoms with Crippen LogP contribution in [0.2, 0.25) is 0 Å². The molecule has 0 saturated carbocycles. The third-order valence-corrected chi connectivity index (χ3v) is 3.96. The van der Waals surface area contributed by atoms with E-state index in [0.29, 0.717) is 17.9 Å². The molecule has 1 rings (SSSR count). The first-order chi connectivity index (χ1) is 8.90. The lowest BCUT2D eigenvalue weighted by Gasteiger charge is -2.35. The first kappa shape index (κ1) is 16.4. The van der Waals surface area contributed by atoms with E-state index in [2.05, 4.69) is 43.4 Å². The van der Waals surface area contributed by atoms with Crippen LogP contribution in [0, 0.1) is 11.8 Å². The number of hydrogen-bond donors (Lipinski definition) is 2. The predicted octanol–water partition coefficient (Wildman–Crippen LogP) is 1.47. The zero-order valence-corrected chi connectivity index (χ0v) is 13.2. The summed E-state index contributed by atoms with van der Waals surface area (Å²) in [7, 11) is 2.18. The van der Waals surface area contributed by atoms with Crippen molar-refractivity contribution in [3.63, 3.8) is 0 Å². The van der Waals surface area contributed by atoms with Gasteiger partial charge in [0.05, 0.1) is 6.04 Å². The standard InChI is InChI=1S/C15H31N3O/c1-11(2)9-16-15(19)13(4)17-12(3)14-7-6-8-18(5)10-14/h11-14,17H,6-10H2,1-5H3,(H,16,19). The highest BCUT2D eigenvalue weighted by molar-refractivity contribution is 5.81. The minimum atomic E-state index is -0.110. The molecule has 0 radical (unpaired) electrons. The molecule has 2 N–H and O–H groups in total.